The molecule has 0 aliphatic carbocycles. The van der Waals surface area contributed by atoms with Gasteiger partial charge < -0.3 is 15.1 Å². The molecule has 0 saturated carbocycles. The third kappa shape index (κ3) is 7.02. The van der Waals surface area contributed by atoms with Crippen molar-refractivity contribution in [2.75, 3.05) is 6.54 Å². The van der Waals surface area contributed by atoms with E-state index in [-0.39, 0.29) is 5.91 Å². The monoisotopic (exact) mass is 356 g/mol. The minimum absolute atomic E-state index is 0.334. The Hall–Kier alpha value is -1.63. The molecule has 7 nitrogen and oxygen atoms in total. The third-order valence-electron chi connectivity index (χ3n) is 4.79. The molecule has 0 spiro atoms. The standard InChI is InChI=1S/C18H32N2O5/c1-3-4-5-6-7-8-10-14(17(22)23)19-13(2)16(21)20-12-9-11-15(20)18(24)25/h13-15,19H,3-12H2,1-2H3,(H,22,23)(H,24,25)/t13-,14-,15-/m0/s1. The normalized spacial score (nSPS) is 19.6. The van der Waals surface area contributed by atoms with Crippen LogP contribution < -0.4 is 5.32 Å². The molecule has 0 aromatic heterocycles. The number of rotatable bonds is 12. The molecule has 0 unspecified atom stereocenters. The summed E-state index contributed by atoms with van der Waals surface area (Å²) in [4.78, 5) is 36.5. The number of nitrogens with one attached hydrogen (secondary N) is 1. The van der Waals surface area contributed by atoms with Crippen LogP contribution >= 0.6 is 0 Å². The van der Waals surface area contributed by atoms with Gasteiger partial charge in [0, 0.05) is 6.54 Å². The van der Waals surface area contributed by atoms with E-state index in [9.17, 15) is 24.6 Å². The van der Waals surface area contributed by atoms with E-state index in [4.69, 9.17) is 0 Å². The first-order chi connectivity index (χ1) is 11.9. The molecule has 144 valence electrons. The SMILES string of the molecule is CCCCCCCC[C@H](N[C@@H](C)C(=O)N1CCC[C@H]1C(=O)O)C(=O)O. The largest absolute Gasteiger partial charge is 0.480 e. The van der Waals surface area contributed by atoms with E-state index in [1.807, 2.05) is 0 Å². The van der Waals surface area contributed by atoms with E-state index in [0.29, 0.717) is 25.8 Å². The Morgan fingerprint density at radius 1 is 1.12 bits per heavy atom. The highest BCUT2D eigenvalue weighted by Crippen LogP contribution is 2.19. The molecule has 1 aliphatic heterocycles. The van der Waals surface area contributed by atoms with Crippen molar-refractivity contribution in [3.63, 3.8) is 0 Å². The first kappa shape index (κ1) is 21.4. The van der Waals surface area contributed by atoms with Gasteiger partial charge in [0.2, 0.25) is 5.91 Å². The van der Waals surface area contributed by atoms with Gasteiger partial charge in [0.15, 0.2) is 0 Å². The molecule has 3 atom stereocenters. The first-order valence-corrected chi connectivity index (χ1v) is 9.40. The smallest absolute Gasteiger partial charge is 0.326 e. The van der Waals surface area contributed by atoms with Gasteiger partial charge >= 0.3 is 11.9 Å². The van der Waals surface area contributed by atoms with E-state index >= 15 is 0 Å². The molecule has 25 heavy (non-hydrogen) atoms. The fraction of sp³-hybridized carbons (Fsp3) is 0.833. The number of nitrogens with zero attached hydrogens (tertiary/aromatic N) is 1. The van der Waals surface area contributed by atoms with Gasteiger partial charge in [-0.15, -0.1) is 0 Å². The summed E-state index contributed by atoms with van der Waals surface area (Å²) in [5.74, 6) is -2.30. The zero-order chi connectivity index (χ0) is 18.8. The molecular weight excluding hydrogens is 324 g/mol. The van der Waals surface area contributed by atoms with Crippen LogP contribution in [0.1, 0.15) is 71.6 Å². The molecule has 1 heterocycles. The molecule has 1 amide bonds. The van der Waals surface area contributed by atoms with Crippen molar-refractivity contribution in [1.29, 1.82) is 0 Å². The maximum Gasteiger partial charge on any atom is 0.326 e. The molecule has 0 radical (unpaired) electrons. The highest BCUT2D eigenvalue weighted by Gasteiger charge is 2.36. The summed E-state index contributed by atoms with van der Waals surface area (Å²) in [5, 5.41) is 21.4. The van der Waals surface area contributed by atoms with Gasteiger partial charge in [0.1, 0.15) is 12.1 Å². The molecule has 7 heteroatoms. The van der Waals surface area contributed by atoms with Gasteiger partial charge in [0.25, 0.3) is 0 Å². The van der Waals surface area contributed by atoms with Crippen molar-refractivity contribution < 1.29 is 24.6 Å². The van der Waals surface area contributed by atoms with Gasteiger partial charge in [0.05, 0.1) is 6.04 Å². The Morgan fingerprint density at radius 3 is 2.36 bits per heavy atom. The lowest BCUT2D eigenvalue weighted by Gasteiger charge is -2.27. The predicted molar refractivity (Wildman–Crippen MR) is 94.4 cm³/mol. The van der Waals surface area contributed by atoms with Crippen molar-refractivity contribution in [3.8, 4) is 0 Å². The van der Waals surface area contributed by atoms with Crippen LogP contribution in [0.5, 0.6) is 0 Å². The lowest BCUT2D eigenvalue weighted by atomic mass is 10.0. The summed E-state index contributed by atoms with van der Waals surface area (Å²) in [6, 6.07) is -2.28. The Kier molecular flexibility index (Phi) is 9.49. The van der Waals surface area contributed by atoms with Crippen LogP contribution in [-0.4, -0.2) is 57.6 Å². The maximum atomic E-state index is 12.5. The lowest BCUT2D eigenvalue weighted by molar-refractivity contribution is -0.149. The first-order valence-electron chi connectivity index (χ1n) is 9.40. The van der Waals surface area contributed by atoms with E-state index in [0.717, 1.165) is 19.3 Å². The number of hydrogen-bond donors (Lipinski definition) is 3. The zero-order valence-corrected chi connectivity index (χ0v) is 15.4. The number of carbonyl (C=O) groups excluding carboxylic acids is 1. The second kappa shape index (κ2) is 11.1. The molecule has 1 aliphatic rings. The molecule has 3 N–H and O–H groups in total. The van der Waals surface area contributed by atoms with Crippen LogP contribution in [0.25, 0.3) is 0 Å². The predicted octanol–water partition coefficient (Wildman–Crippen LogP) is 2.24. The highest BCUT2D eigenvalue weighted by atomic mass is 16.4. The molecule has 0 aromatic carbocycles. The number of amides is 1. The summed E-state index contributed by atoms with van der Waals surface area (Å²) < 4.78 is 0. The summed E-state index contributed by atoms with van der Waals surface area (Å²) >= 11 is 0. The van der Waals surface area contributed by atoms with Gasteiger partial charge in [-0.25, -0.2) is 4.79 Å². The van der Waals surface area contributed by atoms with E-state index in [2.05, 4.69) is 12.2 Å². The fourth-order valence-electron chi connectivity index (χ4n) is 3.32. The Morgan fingerprint density at radius 2 is 1.76 bits per heavy atom. The minimum Gasteiger partial charge on any atom is -0.480 e. The number of hydrogen-bond acceptors (Lipinski definition) is 4. The number of aliphatic carboxylic acids is 2. The zero-order valence-electron chi connectivity index (χ0n) is 15.4. The number of likely N-dealkylation sites (tertiary alicyclic amines) is 1. The highest BCUT2D eigenvalue weighted by molar-refractivity contribution is 5.88. The van der Waals surface area contributed by atoms with Crippen LogP contribution in [0.2, 0.25) is 0 Å². The Bertz CT molecular complexity index is 455. The molecule has 0 bridgehead atoms. The van der Waals surface area contributed by atoms with E-state index in [1.165, 1.54) is 24.2 Å². The van der Waals surface area contributed by atoms with Gasteiger partial charge in [-0.05, 0) is 26.2 Å². The van der Waals surface area contributed by atoms with Crippen LogP contribution in [0, 0.1) is 0 Å². The quantitative estimate of drug-likeness (QED) is 0.463. The van der Waals surface area contributed by atoms with Gasteiger partial charge in [-0.2, -0.15) is 0 Å². The molecular formula is C18H32N2O5. The second-order valence-electron chi connectivity index (χ2n) is 6.86. The average molecular weight is 356 g/mol. The average Bonchev–Trinajstić information content (AvgIpc) is 3.05. The summed E-state index contributed by atoms with van der Waals surface area (Å²) in [7, 11) is 0. The van der Waals surface area contributed by atoms with Gasteiger partial charge in [-0.3, -0.25) is 14.9 Å². The third-order valence-corrected chi connectivity index (χ3v) is 4.79. The molecule has 1 rings (SSSR count). The lowest BCUT2D eigenvalue weighted by Crippen LogP contribution is -2.53. The van der Waals surface area contributed by atoms with Crippen LogP contribution in [0.15, 0.2) is 0 Å². The summed E-state index contributed by atoms with van der Waals surface area (Å²) in [5.41, 5.74) is 0. The van der Waals surface area contributed by atoms with Crippen LogP contribution in [-0.2, 0) is 14.4 Å². The van der Waals surface area contributed by atoms with Crippen LogP contribution in [0.3, 0.4) is 0 Å². The van der Waals surface area contributed by atoms with Crippen molar-refractivity contribution >= 4 is 17.8 Å². The number of carboxylic acid groups (broad SMARTS) is 2. The van der Waals surface area contributed by atoms with Crippen molar-refractivity contribution in [3.05, 3.63) is 0 Å². The number of unbranched alkanes of at least 4 members (excludes halogenated alkanes) is 5. The number of carboxylic acids is 2. The van der Waals surface area contributed by atoms with E-state index in [1.54, 1.807) is 6.92 Å². The second-order valence-corrected chi connectivity index (χ2v) is 6.86. The molecule has 0 aromatic rings. The topological polar surface area (TPSA) is 107 Å². The Labute approximate surface area is 149 Å². The molecule has 1 fully saturated rings. The van der Waals surface area contributed by atoms with Crippen LogP contribution in [0.4, 0.5) is 0 Å². The fourth-order valence-corrected chi connectivity index (χ4v) is 3.32. The van der Waals surface area contributed by atoms with Crippen molar-refractivity contribution in [2.45, 2.75) is 89.8 Å². The molecule has 1 saturated heterocycles. The van der Waals surface area contributed by atoms with Gasteiger partial charge in [-0.1, -0.05) is 45.4 Å². The minimum atomic E-state index is -1.00. The Balaban J connectivity index is 2.46. The van der Waals surface area contributed by atoms with E-state index < -0.39 is 30.1 Å². The van der Waals surface area contributed by atoms with Crippen molar-refractivity contribution in [2.24, 2.45) is 0 Å². The number of carbonyl (C=O) groups is 3. The maximum absolute atomic E-state index is 12.5. The summed E-state index contributed by atoms with van der Waals surface area (Å²) in [6.07, 6.45) is 8.02. The summed E-state index contributed by atoms with van der Waals surface area (Å²) in [6.45, 7) is 4.17. The van der Waals surface area contributed by atoms with Crippen molar-refractivity contribution in [1.82, 2.24) is 10.2 Å².